The lowest BCUT2D eigenvalue weighted by Gasteiger charge is -2.37. The van der Waals surface area contributed by atoms with Crippen LogP contribution in [0.4, 0.5) is 11.4 Å². The molecule has 1 saturated heterocycles. The van der Waals surface area contributed by atoms with Gasteiger partial charge in [-0.25, -0.2) is 8.42 Å². The highest BCUT2D eigenvalue weighted by atomic mass is 32.2. The molecule has 7 nitrogen and oxygen atoms in total. The summed E-state index contributed by atoms with van der Waals surface area (Å²) in [5.74, 6) is 0. The van der Waals surface area contributed by atoms with Gasteiger partial charge in [0.1, 0.15) is 5.69 Å². The van der Waals surface area contributed by atoms with Gasteiger partial charge in [-0.3, -0.25) is 10.1 Å². The molecule has 1 fully saturated rings. The van der Waals surface area contributed by atoms with Gasteiger partial charge in [-0.2, -0.15) is 4.31 Å². The molecule has 1 unspecified atom stereocenters. The molecule has 28 heavy (non-hydrogen) atoms. The molecule has 1 aromatic carbocycles. The second-order valence-corrected chi connectivity index (χ2v) is 10.1. The van der Waals surface area contributed by atoms with Crippen molar-refractivity contribution >= 4 is 32.7 Å². The van der Waals surface area contributed by atoms with Gasteiger partial charge in [0.2, 0.25) is 10.0 Å². The molecular formula is C19H23N3O4S2. The highest BCUT2D eigenvalue weighted by molar-refractivity contribution is 7.89. The zero-order valence-electron chi connectivity index (χ0n) is 15.7. The Morgan fingerprint density at radius 1 is 1.21 bits per heavy atom. The number of hydrogen-bond acceptors (Lipinski definition) is 6. The topological polar surface area (TPSA) is 83.8 Å². The number of nitro groups is 1. The third-order valence-corrected chi connectivity index (χ3v) is 8.53. The molecule has 2 aliphatic heterocycles. The van der Waals surface area contributed by atoms with Crippen LogP contribution in [0, 0.1) is 10.1 Å². The first-order valence-electron chi connectivity index (χ1n) is 9.55. The van der Waals surface area contributed by atoms with E-state index in [-0.39, 0.29) is 16.6 Å². The van der Waals surface area contributed by atoms with Crippen LogP contribution in [0.15, 0.2) is 34.5 Å². The third kappa shape index (κ3) is 3.21. The Hall–Kier alpha value is -1.97. The van der Waals surface area contributed by atoms with Crippen LogP contribution in [-0.2, 0) is 16.4 Å². The molecule has 1 atom stereocenters. The van der Waals surface area contributed by atoms with Gasteiger partial charge in [-0.1, -0.05) is 6.92 Å². The van der Waals surface area contributed by atoms with Gasteiger partial charge >= 0.3 is 0 Å². The van der Waals surface area contributed by atoms with Crippen LogP contribution < -0.4 is 4.90 Å². The molecule has 150 valence electrons. The van der Waals surface area contributed by atoms with Crippen LogP contribution >= 0.6 is 11.3 Å². The molecule has 1 aromatic heterocycles. The maximum Gasteiger partial charge on any atom is 0.293 e. The summed E-state index contributed by atoms with van der Waals surface area (Å²) >= 11 is 1.73. The van der Waals surface area contributed by atoms with E-state index in [9.17, 15) is 18.5 Å². The first-order valence-corrected chi connectivity index (χ1v) is 11.9. The van der Waals surface area contributed by atoms with Crippen molar-refractivity contribution in [2.24, 2.45) is 0 Å². The summed E-state index contributed by atoms with van der Waals surface area (Å²) in [6.07, 6.45) is 3.33. The fraction of sp³-hybridized carbons (Fsp3) is 0.474. The number of hydrogen-bond donors (Lipinski definition) is 0. The molecule has 2 aromatic rings. The smallest absolute Gasteiger partial charge is 0.293 e. The average Bonchev–Trinajstić information content (AvgIpc) is 3.38. The van der Waals surface area contributed by atoms with Crippen molar-refractivity contribution in [1.82, 2.24) is 4.31 Å². The van der Waals surface area contributed by atoms with Crippen molar-refractivity contribution in [1.29, 1.82) is 0 Å². The molecule has 3 heterocycles. The lowest BCUT2D eigenvalue weighted by atomic mass is 9.97. The molecule has 0 amide bonds. The SMILES string of the molecule is CCC1c2ccsc2CCN1c1ccc(S(=O)(=O)N2CCCC2)cc1[N+](=O)[O-]. The van der Waals surface area contributed by atoms with E-state index in [0.29, 0.717) is 25.3 Å². The molecule has 0 bridgehead atoms. The largest absolute Gasteiger partial charge is 0.359 e. The molecule has 9 heteroatoms. The van der Waals surface area contributed by atoms with Gasteiger partial charge in [-0.15, -0.1) is 11.3 Å². The summed E-state index contributed by atoms with van der Waals surface area (Å²) in [7, 11) is -3.69. The maximum absolute atomic E-state index is 12.8. The van der Waals surface area contributed by atoms with Crippen molar-refractivity contribution in [2.45, 2.75) is 43.5 Å². The van der Waals surface area contributed by atoms with Crippen molar-refractivity contribution in [3.05, 3.63) is 50.2 Å². The van der Waals surface area contributed by atoms with E-state index in [1.54, 1.807) is 17.4 Å². The van der Waals surface area contributed by atoms with E-state index < -0.39 is 14.9 Å². The number of thiophene rings is 1. The number of nitro benzene ring substituents is 1. The van der Waals surface area contributed by atoms with E-state index in [0.717, 1.165) is 25.7 Å². The number of anilines is 1. The van der Waals surface area contributed by atoms with E-state index >= 15 is 0 Å². The van der Waals surface area contributed by atoms with E-state index in [4.69, 9.17) is 0 Å². The molecule has 2 aliphatic rings. The van der Waals surface area contributed by atoms with Gasteiger partial charge < -0.3 is 4.90 Å². The van der Waals surface area contributed by atoms with Crippen LogP contribution in [-0.4, -0.2) is 37.3 Å². The number of nitrogens with zero attached hydrogens (tertiary/aromatic N) is 3. The Bertz CT molecular complexity index is 996. The summed E-state index contributed by atoms with van der Waals surface area (Å²) in [5.41, 5.74) is 1.58. The van der Waals surface area contributed by atoms with Crippen molar-refractivity contribution in [2.75, 3.05) is 24.5 Å². The minimum absolute atomic E-state index is 0.00568. The van der Waals surface area contributed by atoms with Crippen molar-refractivity contribution in [3.8, 4) is 0 Å². The Morgan fingerprint density at radius 2 is 1.96 bits per heavy atom. The minimum Gasteiger partial charge on any atom is -0.359 e. The quantitative estimate of drug-likeness (QED) is 0.539. The Morgan fingerprint density at radius 3 is 2.64 bits per heavy atom. The number of rotatable bonds is 5. The molecule has 0 N–H and O–H groups in total. The Balaban J connectivity index is 1.75. The second kappa shape index (κ2) is 7.46. The van der Waals surface area contributed by atoms with E-state index in [2.05, 4.69) is 23.3 Å². The first-order chi connectivity index (χ1) is 13.4. The van der Waals surface area contributed by atoms with Crippen LogP contribution in [0.2, 0.25) is 0 Å². The molecule has 0 radical (unpaired) electrons. The monoisotopic (exact) mass is 421 g/mol. The second-order valence-electron chi connectivity index (χ2n) is 7.19. The van der Waals surface area contributed by atoms with Crippen molar-refractivity contribution < 1.29 is 13.3 Å². The summed E-state index contributed by atoms with van der Waals surface area (Å²) in [4.78, 5) is 14.8. The van der Waals surface area contributed by atoms with Gasteiger partial charge in [-0.05, 0) is 54.8 Å². The standard InChI is InChI=1S/C19H23N3O4S2/c1-2-16-15-8-12-27-19(15)7-11-21(16)17-6-5-14(13-18(17)22(23)24)28(25,26)20-9-3-4-10-20/h5-6,8,12-13,16H,2-4,7,9-11H2,1H3. The Labute approximate surface area is 168 Å². The van der Waals surface area contributed by atoms with Crippen LogP contribution in [0.1, 0.15) is 42.7 Å². The highest BCUT2D eigenvalue weighted by Crippen LogP contribution is 2.42. The van der Waals surface area contributed by atoms with Crippen molar-refractivity contribution in [3.63, 3.8) is 0 Å². The zero-order valence-corrected chi connectivity index (χ0v) is 17.3. The number of benzene rings is 1. The normalized spacial score (nSPS) is 20.3. The van der Waals surface area contributed by atoms with Gasteiger partial charge in [0.25, 0.3) is 5.69 Å². The zero-order chi connectivity index (χ0) is 19.9. The summed E-state index contributed by atoms with van der Waals surface area (Å²) < 4.78 is 27.1. The fourth-order valence-corrected chi connectivity index (χ4v) is 6.72. The van der Waals surface area contributed by atoms with Gasteiger partial charge in [0.05, 0.1) is 15.9 Å². The minimum atomic E-state index is -3.69. The predicted octanol–water partition coefficient (Wildman–Crippen LogP) is 3.95. The molecule has 4 rings (SSSR count). The van der Waals surface area contributed by atoms with Crippen LogP contribution in [0.25, 0.3) is 0 Å². The first kappa shape index (κ1) is 19.4. The van der Waals surface area contributed by atoms with Gasteiger partial charge in [0, 0.05) is 30.6 Å². The van der Waals surface area contributed by atoms with Gasteiger partial charge in [0.15, 0.2) is 0 Å². The number of sulfonamides is 1. The van der Waals surface area contributed by atoms with E-state index in [1.807, 2.05) is 0 Å². The van der Waals surface area contributed by atoms with Crippen LogP contribution in [0.5, 0.6) is 0 Å². The lowest BCUT2D eigenvalue weighted by Crippen LogP contribution is -2.35. The average molecular weight is 422 g/mol. The Kier molecular flexibility index (Phi) is 5.15. The number of fused-ring (bicyclic) bond motifs is 1. The molecule has 0 spiro atoms. The summed E-state index contributed by atoms with van der Waals surface area (Å²) in [6.45, 7) is 3.71. The molecule has 0 saturated carbocycles. The lowest BCUT2D eigenvalue weighted by molar-refractivity contribution is -0.384. The third-order valence-electron chi connectivity index (χ3n) is 5.64. The summed E-state index contributed by atoms with van der Waals surface area (Å²) in [6, 6.07) is 6.53. The fourth-order valence-electron chi connectivity index (χ4n) is 4.26. The van der Waals surface area contributed by atoms with E-state index in [1.165, 1.54) is 26.9 Å². The predicted molar refractivity (Wildman–Crippen MR) is 109 cm³/mol. The summed E-state index contributed by atoms with van der Waals surface area (Å²) in [5, 5.41) is 13.9. The highest BCUT2D eigenvalue weighted by Gasteiger charge is 2.34. The van der Waals surface area contributed by atoms with Crippen LogP contribution in [0.3, 0.4) is 0 Å². The molecular weight excluding hydrogens is 398 g/mol. The molecule has 0 aliphatic carbocycles. The maximum atomic E-state index is 12.8.